The van der Waals surface area contributed by atoms with Crippen LogP contribution in [0.4, 0.5) is 4.79 Å². The lowest BCUT2D eigenvalue weighted by Crippen LogP contribution is -2.36. The maximum Gasteiger partial charge on any atom is 0.410 e. The molecule has 1 N–H and O–H groups in total. The standard InChI is InChI=1S/C12H18BrN3O2/c1-12(2,3)18-11(17)16-6-4-5-9(16)8-7-14-10(13)15-8/h7,9H,4-6H2,1-3H3,(H,14,15)/t9-/m0/s1. The van der Waals surface area contributed by atoms with Gasteiger partial charge in [-0.15, -0.1) is 0 Å². The van der Waals surface area contributed by atoms with Gasteiger partial charge in [0.1, 0.15) is 5.60 Å². The molecule has 1 saturated heterocycles. The summed E-state index contributed by atoms with van der Waals surface area (Å²) in [4.78, 5) is 21.1. The van der Waals surface area contributed by atoms with Gasteiger partial charge in [-0.1, -0.05) is 0 Å². The highest BCUT2D eigenvalue weighted by molar-refractivity contribution is 9.10. The van der Waals surface area contributed by atoms with Gasteiger partial charge in [0.15, 0.2) is 4.73 Å². The Balaban J connectivity index is 2.10. The fourth-order valence-electron chi connectivity index (χ4n) is 2.11. The van der Waals surface area contributed by atoms with Crippen LogP contribution in [-0.2, 0) is 4.74 Å². The number of carbonyl (C=O) groups is 1. The van der Waals surface area contributed by atoms with E-state index in [2.05, 4.69) is 25.9 Å². The van der Waals surface area contributed by atoms with E-state index in [1.807, 2.05) is 20.8 Å². The Bertz CT molecular complexity index is 439. The van der Waals surface area contributed by atoms with E-state index in [0.717, 1.165) is 25.1 Å². The highest BCUT2D eigenvalue weighted by atomic mass is 79.9. The molecule has 1 atom stereocenters. The van der Waals surface area contributed by atoms with Crippen molar-refractivity contribution in [1.82, 2.24) is 14.9 Å². The number of aromatic amines is 1. The molecule has 100 valence electrons. The minimum Gasteiger partial charge on any atom is -0.444 e. The number of hydrogen-bond donors (Lipinski definition) is 1. The van der Waals surface area contributed by atoms with Gasteiger partial charge in [-0.2, -0.15) is 0 Å². The first-order chi connectivity index (χ1) is 8.37. The molecule has 0 spiro atoms. The summed E-state index contributed by atoms with van der Waals surface area (Å²) in [6.07, 6.45) is 3.43. The molecule has 0 unspecified atom stereocenters. The summed E-state index contributed by atoms with van der Waals surface area (Å²) >= 11 is 3.28. The minimum absolute atomic E-state index is 0.0404. The highest BCUT2D eigenvalue weighted by Gasteiger charge is 2.33. The number of likely N-dealkylation sites (tertiary alicyclic amines) is 1. The van der Waals surface area contributed by atoms with E-state index < -0.39 is 5.60 Å². The lowest BCUT2D eigenvalue weighted by atomic mass is 10.1. The molecule has 0 saturated carbocycles. The Morgan fingerprint density at radius 3 is 2.89 bits per heavy atom. The molecular formula is C12H18BrN3O2. The largest absolute Gasteiger partial charge is 0.444 e. The van der Waals surface area contributed by atoms with Gasteiger partial charge >= 0.3 is 6.09 Å². The van der Waals surface area contributed by atoms with Crippen molar-refractivity contribution in [2.75, 3.05) is 6.54 Å². The number of nitrogens with one attached hydrogen (secondary N) is 1. The van der Waals surface area contributed by atoms with E-state index >= 15 is 0 Å². The Morgan fingerprint density at radius 2 is 2.33 bits per heavy atom. The van der Waals surface area contributed by atoms with Crippen molar-refractivity contribution in [3.63, 3.8) is 0 Å². The monoisotopic (exact) mass is 315 g/mol. The van der Waals surface area contributed by atoms with Crippen LogP contribution >= 0.6 is 15.9 Å². The molecule has 18 heavy (non-hydrogen) atoms. The molecule has 0 aromatic carbocycles. The van der Waals surface area contributed by atoms with Crippen LogP contribution < -0.4 is 0 Å². The summed E-state index contributed by atoms with van der Waals surface area (Å²) in [5.74, 6) is 0. The third-order valence-corrected chi connectivity index (χ3v) is 3.21. The van der Waals surface area contributed by atoms with E-state index in [1.165, 1.54) is 0 Å². The van der Waals surface area contributed by atoms with Gasteiger partial charge < -0.3 is 9.72 Å². The molecule has 6 heteroatoms. The number of ether oxygens (including phenoxy) is 1. The number of hydrogen-bond acceptors (Lipinski definition) is 3. The fraction of sp³-hybridized carbons (Fsp3) is 0.667. The van der Waals surface area contributed by atoms with Crippen LogP contribution in [0, 0.1) is 0 Å². The molecule has 2 rings (SSSR count). The SMILES string of the molecule is CC(C)(C)OC(=O)N1CCC[C@H]1c1cnc(Br)[nH]1. The second-order valence-corrected chi connectivity index (χ2v) is 6.21. The van der Waals surface area contributed by atoms with Crippen LogP contribution in [0.2, 0.25) is 0 Å². The van der Waals surface area contributed by atoms with Crippen molar-refractivity contribution in [1.29, 1.82) is 0 Å². The Hall–Kier alpha value is -1.04. The van der Waals surface area contributed by atoms with E-state index in [4.69, 9.17) is 4.74 Å². The van der Waals surface area contributed by atoms with Crippen molar-refractivity contribution < 1.29 is 9.53 Å². The topological polar surface area (TPSA) is 58.2 Å². The number of amides is 1. The molecule has 0 bridgehead atoms. The summed E-state index contributed by atoms with van der Waals surface area (Å²) in [5.41, 5.74) is 0.490. The summed E-state index contributed by atoms with van der Waals surface area (Å²) in [6.45, 7) is 6.37. The molecule has 1 aromatic rings. The Kier molecular flexibility index (Phi) is 3.66. The second kappa shape index (κ2) is 4.91. The van der Waals surface area contributed by atoms with Crippen LogP contribution in [0.1, 0.15) is 45.3 Å². The lowest BCUT2D eigenvalue weighted by Gasteiger charge is -2.28. The Labute approximate surface area is 115 Å². The zero-order chi connectivity index (χ0) is 13.3. The van der Waals surface area contributed by atoms with Crippen LogP contribution in [0.3, 0.4) is 0 Å². The molecule has 1 amide bonds. The molecule has 0 aliphatic carbocycles. The maximum absolute atomic E-state index is 12.1. The number of halogens is 1. The van der Waals surface area contributed by atoms with Gasteiger partial charge in [0.25, 0.3) is 0 Å². The van der Waals surface area contributed by atoms with Gasteiger partial charge in [-0.05, 0) is 49.5 Å². The van der Waals surface area contributed by atoms with Crippen molar-refractivity contribution in [2.24, 2.45) is 0 Å². The number of nitrogens with zero attached hydrogens (tertiary/aromatic N) is 2. The van der Waals surface area contributed by atoms with Crippen LogP contribution in [-0.4, -0.2) is 33.1 Å². The van der Waals surface area contributed by atoms with E-state index in [-0.39, 0.29) is 12.1 Å². The molecule has 5 nitrogen and oxygen atoms in total. The van der Waals surface area contributed by atoms with Crippen molar-refractivity contribution >= 4 is 22.0 Å². The minimum atomic E-state index is -0.460. The zero-order valence-electron chi connectivity index (χ0n) is 10.9. The number of carbonyl (C=O) groups excluding carboxylic acids is 1. The molecule has 1 aliphatic rings. The number of aromatic nitrogens is 2. The van der Waals surface area contributed by atoms with Gasteiger partial charge in [0.05, 0.1) is 17.9 Å². The smallest absolute Gasteiger partial charge is 0.410 e. The summed E-state index contributed by atoms with van der Waals surface area (Å²) < 4.78 is 6.11. The normalized spacial score (nSPS) is 20.2. The van der Waals surface area contributed by atoms with Crippen LogP contribution in [0.25, 0.3) is 0 Å². The van der Waals surface area contributed by atoms with Gasteiger partial charge in [0.2, 0.25) is 0 Å². The van der Waals surface area contributed by atoms with Crippen molar-refractivity contribution in [2.45, 2.75) is 45.3 Å². The molecule has 1 aromatic heterocycles. The van der Waals surface area contributed by atoms with Crippen molar-refractivity contribution in [3.8, 4) is 0 Å². The van der Waals surface area contributed by atoms with E-state index in [1.54, 1.807) is 11.1 Å². The predicted molar refractivity (Wildman–Crippen MR) is 71.2 cm³/mol. The van der Waals surface area contributed by atoms with E-state index in [0.29, 0.717) is 4.73 Å². The molecular weight excluding hydrogens is 298 g/mol. The van der Waals surface area contributed by atoms with Gasteiger partial charge in [0, 0.05) is 6.54 Å². The molecule has 1 aliphatic heterocycles. The lowest BCUT2D eigenvalue weighted by molar-refractivity contribution is 0.0221. The molecule has 0 radical (unpaired) electrons. The number of H-pyrrole nitrogens is 1. The summed E-state index contributed by atoms with van der Waals surface area (Å²) in [5, 5.41) is 0. The van der Waals surface area contributed by atoms with Gasteiger partial charge in [-0.25, -0.2) is 9.78 Å². The van der Waals surface area contributed by atoms with E-state index in [9.17, 15) is 4.79 Å². The average Bonchev–Trinajstić information content (AvgIpc) is 2.81. The predicted octanol–water partition coefficient (Wildman–Crippen LogP) is 3.24. The molecule has 2 heterocycles. The highest BCUT2D eigenvalue weighted by Crippen LogP contribution is 2.32. The maximum atomic E-state index is 12.1. The molecule has 1 fully saturated rings. The Morgan fingerprint density at radius 1 is 1.61 bits per heavy atom. The second-order valence-electron chi connectivity index (χ2n) is 5.46. The fourth-order valence-corrected chi connectivity index (χ4v) is 2.44. The van der Waals surface area contributed by atoms with Crippen LogP contribution in [0.15, 0.2) is 10.9 Å². The summed E-state index contributed by atoms with van der Waals surface area (Å²) in [6, 6.07) is 0.0404. The third kappa shape index (κ3) is 3.04. The van der Waals surface area contributed by atoms with Crippen molar-refractivity contribution in [3.05, 3.63) is 16.6 Å². The first-order valence-electron chi connectivity index (χ1n) is 6.07. The quantitative estimate of drug-likeness (QED) is 0.865. The van der Waals surface area contributed by atoms with Gasteiger partial charge in [-0.3, -0.25) is 4.90 Å². The van der Waals surface area contributed by atoms with Crippen LogP contribution in [0.5, 0.6) is 0 Å². The third-order valence-electron chi connectivity index (χ3n) is 2.80. The average molecular weight is 316 g/mol. The first kappa shape index (κ1) is 13.4. The number of rotatable bonds is 1. The number of imidazole rings is 1. The summed E-state index contributed by atoms with van der Waals surface area (Å²) in [7, 11) is 0. The zero-order valence-corrected chi connectivity index (χ0v) is 12.5. The first-order valence-corrected chi connectivity index (χ1v) is 6.86.